The number of ether oxygens (including phenoxy) is 2. The van der Waals surface area contributed by atoms with E-state index in [2.05, 4.69) is 4.74 Å². The molecule has 5 heteroatoms. The minimum Gasteiger partial charge on any atom is -0.466 e. The lowest BCUT2D eigenvalue weighted by atomic mass is 9.59. The molecule has 2 fully saturated rings. The molecule has 2 bridgehead atoms. The van der Waals surface area contributed by atoms with Gasteiger partial charge in [0.25, 0.3) is 0 Å². The molecule has 0 aromatic rings. The summed E-state index contributed by atoms with van der Waals surface area (Å²) in [4.78, 5) is 11.2. The Morgan fingerprint density at radius 3 is 2.62 bits per heavy atom. The van der Waals surface area contributed by atoms with Gasteiger partial charge in [-0.25, -0.2) is 4.79 Å². The minimum absolute atomic E-state index is 0.392. The number of rotatable bonds is 3. The van der Waals surface area contributed by atoms with Crippen molar-refractivity contribution in [1.82, 2.24) is 0 Å². The van der Waals surface area contributed by atoms with Crippen LogP contribution in [0.2, 0.25) is 0 Å². The number of carbonyl (C=O) groups is 1. The van der Waals surface area contributed by atoms with E-state index in [4.69, 9.17) is 4.74 Å². The van der Waals surface area contributed by atoms with E-state index in [0.29, 0.717) is 25.0 Å². The van der Waals surface area contributed by atoms with Crippen molar-refractivity contribution >= 4 is 5.97 Å². The fraction of sp³-hybridized carbons (Fsp3) is 0.688. The van der Waals surface area contributed by atoms with Crippen LogP contribution in [0.4, 0.5) is 0 Å². The average molecular weight is 296 g/mol. The number of carbonyl (C=O) groups excluding carboxylic acids is 1. The summed E-state index contributed by atoms with van der Waals surface area (Å²) in [6.45, 7) is 5.91. The first-order valence-electron chi connectivity index (χ1n) is 7.16. The molecule has 1 aliphatic carbocycles. The Morgan fingerprint density at radius 1 is 1.38 bits per heavy atom. The summed E-state index contributed by atoms with van der Waals surface area (Å²) in [6, 6.07) is 0. The number of aliphatic hydroxyl groups excluding tert-OH is 1. The number of hydrogen-bond donors (Lipinski definition) is 2. The zero-order valence-corrected chi connectivity index (χ0v) is 13.0. The fourth-order valence-corrected chi connectivity index (χ4v) is 3.57. The molecule has 0 aromatic heterocycles. The van der Waals surface area contributed by atoms with E-state index in [1.54, 1.807) is 19.1 Å². The first kappa shape index (κ1) is 16.2. The first-order chi connectivity index (χ1) is 9.66. The third kappa shape index (κ3) is 2.54. The molecule has 1 heterocycles. The maximum atomic E-state index is 11.2. The van der Waals surface area contributed by atoms with Crippen molar-refractivity contribution in [2.75, 3.05) is 13.7 Å². The van der Waals surface area contributed by atoms with E-state index in [1.165, 1.54) is 13.2 Å². The largest absolute Gasteiger partial charge is 0.466 e. The van der Waals surface area contributed by atoms with E-state index in [-0.39, 0.29) is 0 Å². The van der Waals surface area contributed by atoms with E-state index in [1.807, 2.05) is 13.8 Å². The van der Waals surface area contributed by atoms with Crippen molar-refractivity contribution in [1.29, 1.82) is 0 Å². The quantitative estimate of drug-likeness (QED) is 0.467. The van der Waals surface area contributed by atoms with Crippen LogP contribution in [-0.2, 0) is 14.3 Å². The highest BCUT2D eigenvalue weighted by molar-refractivity contribution is 5.83. The lowest BCUT2D eigenvalue weighted by molar-refractivity contribution is -0.150. The number of aliphatic hydroxyl groups is 2. The molecule has 2 aliphatic rings. The van der Waals surface area contributed by atoms with Gasteiger partial charge in [0, 0.05) is 17.9 Å². The van der Waals surface area contributed by atoms with Gasteiger partial charge < -0.3 is 19.7 Å². The predicted octanol–water partition coefficient (Wildman–Crippen LogP) is 1.34. The number of allylic oxidation sites excluding steroid dienone is 2. The monoisotopic (exact) mass is 296 g/mol. The molecule has 2 unspecified atom stereocenters. The van der Waals surface area contributed by atoms with Crippen molar-refractivity contribution in [3.05, 3.63) is 23.8 Å². The van der Waals surface area contributed by atoms with Crippen molar-refractivity contribution in [2.45, 2.75) is 50.9 Å². The van der Waals surface area contributed by atoms with Crippen LogP contribution in [0.25, 0.3) is 0 Å². The molecule has 118 valence electrons. The number of fused-ring (bicyclic) bond motifs is 2. The molecule has 1 saturated heterocycles. The topological polar surface area (TPSA) is 76.0 Å². The number of hydrogen-bond acceptors (Lipinski definition) is 5. The first-order valence-corrected chi connectivity index (χ1v) is 7.16. The van der Waals surface area contributed by atoms with Gasteiger partial charge in [0.05, 0.1) is 19.8 Å². The van der Waals surface area contributed by atoms with E-state index >= 15 is 0 Å². The standard InChI is InChI=1S/C16H24O5/c1-11(7-13(18)20-4)5-6-16(19)14(2)8-12(17)9-15(16,3)21-10-14/h5-7,12,17,19H,8-10H2,1-4H3/b6-5+,11-7+/t12?,14-,15?,16-/m1/s1. The molecule has 2 N–H and O–H groups in total. The molecule has 5 nitrogen and oxygen atoms in total. The predicted molar refractivity (Wildman–Crippen MR) is 77.6 cm³/mol. The molecule has 1 aliphatic heterocycles. The maximum absolute atomic E-state index is 11.2. The Bertz CT molecular complexity index is 475. The van der Waals surface area contributed by atoms with Gasteiger partial charge in [-0.3, -0.25) is 0 Å². The molecule has 1 saturated carbocycles. The fourth-order valence-electron chi connectivity index (χ4n) is 3.57. The molecule has 2 rings (SSSR count). The highest BCUT2D eigenvalue weighted by atomic mass is 16.5. The van der Waals surface area contributed by atoms with Crippen LogP contribution in [0, 0.1) is 5.41 Å². The van der Waals surface area contributed by atoms with Crippen molar-refractivity contribution in [3.63, 3.8) is 0 Å². The second-order valence-electron chi connectivity index (χ2n) is 6.65. The maximum Gasteiger partial charge on any atom is 0.330 e. The van der Waals surface area contributed by atoms with Crippen molar-refractivity contribution in [3.8, 4) is 0 Å². The summed E-state index contributed by atoms with van der Waals surface area (Å²) in [5.41, 5.74) is -1.85. The Hall–Kier alpha value is -1.17. The van der Waals surface area contributed by atoms with Crippen LogP contribution in [0.5, 0.6) is 0 Å². The molecular weight excluding hydrogens is 272 g/mol. The summed E-state index contributed by atoms with van der Waals surface area (Å²) in [7, 11) is 1.32. The Morgan fingerprint density at radius 2 is 2.05 bits per heavy atom. The van der Waals surface area contributed by atoms with Gasteiger partial charge in [-0.1, -0.05) is 13.0 Å². The molecule has 0 aromatic carbocycles. The lowest BCUT2D eigenvalue weighted by Crippen LogP contribution is -2.60. The van der Waals surface area contributed by atoms with Gasteiger partial charge in [0.2, 0.25) is 0 Å². The molecule has 0 radical (unpaired) electrons. The van der Waals surface area contributed by atoms with Gasteiger partial charge in [-0.05, 0) is 31.9 Å². The second kappa shape index (κ2) is 5.23. The lowest BCUT2D eigenvalue weighted by Gasteiger charge is -2.49. The SMILES string of the molecule is COC(=O)/C=C(C)/C=C/[C@]1(O)C2(C)CC(O)C[C@]1(C)CO2. The summed E-state index contributed by atoms with van der Waals surface area (Å²) < 4.78 is 10.4. The molecule has 4 atom stereocenters. The van der Waals surface area contributed by atoms with Gasteiger partial charge >= 0.3 is 5.97 Å². The average Bonchev–Trinajstić information content (AvgIpc) is 2.51. The third-order valence-corrected chi connectivity index (χ3v) is 4.88. The number of esters is 1. The van der Waals surface area contributed by atoms with Gasteiger partial charge in [-0.2, -0.15) is 0 Å². The van der Waals surface area contributed by atoms with E-state index in [0.717, 1.165) is 0 Å². The van der Waals surface area contributed by atoms with Crippen molar-refractivity contribution < 1.29 is 24.5 Å². The summed E-state index contributed by atoms with van der Waals surface area (Å²) >= 11 is 0. The van der Waals surface area contributed by atoms with Gasteiger partial charge in [-0.15, -0.1) is 0 Å². The molecule has 0 spiro atoms. The summed E-state index contributed by atoms with van der Waals surface area (Å²) in [6.07, 6.45) is 5.18. The van der Waals surface area contributed by atoms with Crippen LogP contribution in [-0.4, -0.2) is 47.2 Å². The normalized spacial score (nSPS) is 43.3. The molecular formula is C16H24O5. The van der Waals surface area contributed by atoms with Crippen molar-refractivity contribution in [2.24, 2.45) is 5.41 Å². The van der Waals surface area contributed by atoms with Gasteiger partial charge in [0.1, 0.15) is 11.2 Å². The Labute approximate surface area is 125 Å². The van der Waals surface area contributed by atoms with Crippen LogP contribution in [0.15, 0.2) is 23.8 Å². The number of methoxy groups -OCH3 is 1. The van der Waals surface area contributed by atoms with Crippen LogP contribution < -0.4 is 0 Å². The molecule has 0 amide bonds. The van der Waals surface area contributed by atoms with Gasteiger partial charge in [0.15, 0.2) is 0 Å². The highest BCUT2D eigenvalue weighted by Crippen LogP contribution is 2.57. The summed E-state index contributed by atoms with van der Waals surface area (Å²) in [5, 5.41) is 21.2. The second-order valence-corrected chi connectivity index (χ2v) is 6.65. The molecule has 21 heavy (non-hydrogen) atoms. The van der Waals surface area contributed by atoms with E-state index in [9.17, 15) is 15.0 Å². The Balaban J connectivity index is 2.30. The minimum atomic E-state index is -1.18. The highest BCUT2D eigenvalue weighted by Gasteiger charge is 2.67. The zero-order valence-electron chi connectivity index (χ0n) is 13.0. The zero-order chi connectivity index (χ0) is 15.9. The van der Waals surface area contributed by atoms with Crippen LogP contribution in [0.3, 0.4) is 0 Å². The van der Waals surface area contributed by atoms with Crippen LogP contribution >= 0.6 is 0 Å². The Kier molecular flexibility index (Phi) is 4.04. The van der Waals surface area contributed by atoms with E-state index < -0.39 is 28.7 Å². The van der Waals surface area contributed by atoms with Crippen LogP contribution in [0.1, 0.15) is 33.6 Å². The summed E-state index contributed by atoms with van der Waals surface area (Å²) in [5.74, 6) is -0.431. The smallest absolute Gasteiger partial charge is 0.330 e. The third-order valence-electron chi connectivity index (χ3n) is 4.88.